The Bertz CT molecular complexity index is 780. The van der Waals surface area contributed by atoms with Gasteiger partial charge in [0.2, 0.25) is 20.0 Å². The van der Waals surface area contributed by atoms with E-state index in [0.29, 0.717) is 13.1 Å². The molecule has 1 saturated heterocycles. The van der Waals surface area contributed by atoms with Crippen LogP contribution in [0.3, 0.4) is 0 Å². The van der Waals surface area contributed by atoms with Crippen LogP contribution in [0.25, 0.3) is 0 Å². The topological polar surface area (TPSA) is 95.6 Å². The summed E-state index contributed by atoms with van der Waals surface area (Å²) in [5, 5.41) is 2.95. The highest BCUT2D eigenvalue weighted by Gasteiger charge is 2.35. The molecule has 0 bridgehead atoms. The normalized spacial score (nSPS) is 19.9. The van der Waals surface area contributed by atoms with Gasteiger partial charge in [-0.3, -0.25) is 4.72 Å². The molecule has 1 fully saturated rings. The van der Waals surface area contributed by atoms with Crippen molar-refractivity contribution < 1.29 is 21.2 Å². The van der Waals surface area contributed by atoms with Gasteiger partial charge in [-0.15, -0.1) is 0 Å². The lowest BCUT2D eigenvalue weighted by atomic mass is 10.2. The van der Waals surface area contributed by atoms with E-state index >= 15 is 0 Å². The molecule has 0 radical (unpaired) electrons. The molecule has 0 aromatic heterocycles. The summed E-state index contributed by atoms with van der Waals surface area (Å²) in [4.78, 5) is -0.183. The van der Waals surface area contributed by atoms with E-state index in [-0.39, 0.29) is 16.6 Å². The molecule has 1 aliphatic heterocycles. The van der Waals surface area contributed by atoms with E-state index in [1.54, 1.807) is 7.05 Å². The van der Waals surface area contributed by atoms with Crippen molar-refractivity contribution in [2.75, 3.05) is 31.1 Å². The van der Waals surface area contributed by atoms with E-state index in [9.17, 15) is 21.2 Å². The molecule has 1 heterocycles. The highest BCUT2D eigenvalue weighted by Crippen LogP contribution is 2.28. The summed E-state index contributed by atoms with van der Waals surface area (Å²) in [6.07, 6.45) is 2.39. The van der Waals surface area contributed by atoms with Crippen LogP contribution in [0.4, 0.5) is 10.1 Å². The van der Waals surface area contributed by atoms with Gasteiger partial charge in [0.25, 0.3) is 0 Å². The molecular weight excluding hydrogens is 345 g/mol. The fraction of sp³-hybridized carbons (Fsp3) is 0.538. The van der Waals surface area contributed by atoms with Crippen molar-refractivity contribution in [2.24, 2.45) is 0 Å². The van der Waals surface area contributed by atoms with E-state index in [4.69, 9.17) is 0 Å². The minimum absolute atomic E-state index is 0.165. The zero-order valence-electron chi connectivity index (χ0n) is 12.9. The fourth-order valence-electron chi connectivity index (χ4n) is 2.64. The summed E-state index contributed by atoms with van der Waals surface area (Å²) in [6, 6.07) is 3.01. The first kappa shape index (κ1) is 18.1. The van der Waals surface area contributed by atoms with Crippen molar-refractivity contribution in [3.05, 3.63) is 24.0 Å². The predicted molar refractivity (Wildman–Crippen MR) is 85.7 cm³/mol. The second-order valence-corrected chi connectivity index (χ2v) is 9.12. The van der Waals surface area contributed by atoms with Crippen molar-refractivity contribution in [3.63, 3.8) is 0 Å². The number of nitrogens with one attached hydrogen (secondary N) is 2. The van der Waals surface area contributed by atoms with Crippen LogP contribution in [0.5, 0.6) is 0 Å². The van der Waals surface area contributed by atoms with E-state index in [0.717, 1.165) is 31.2 Å². The van der Waals surface area contributed by atoms with E-state index in [2.05, 4.69) is 5.32 Å². The van der Waals surface area contributed by atoms with Gasteiger partial charge in [0.05, 0.1) is 16.8 Å². The average molecular weight is 365 g/mol. The number of halogens is 1. The molecule has 0 amide bonds. The lowest BCUT2D eigenvalue weighted by molar-refractivity contribution is 0.379. The van der Waals surface area contributed by atoms with Crippen LogP contribution < -0.4 is 10.0 Å². The first-order valence-electron chi connectivity index (χ1n) is 7.09. The Morgan fingerprint density at radius 3 is 2.57 bits per heavy atom. The van der Waals surface area contributed by atoms with Crippen molar-refractivity contribution in [1.29, 1.82) is 0 Å². The summed E-state index contributed by atoms with van der Waals surface area (Å²) in [7, 11) is -5.71. The van der Waals surface area contributed by atoms with Crippen LogP contribution in [0, 0.1) is 5.82 Å². The van der Waals surface area contributed by atoms with Gasteiger partial charge in [-0.25, -0.2) is 21.2 Å². The molecule has 1 aliphatic rings. The van der Waals surface area contributed by atoms with Crippen LogP contribution in [-0.4, -0.2) is 53.6 Å². The molecule has 1 unspecified atom stereocenters. The lowest BCUT2D eigenvalue weighted by Gasteiger charge is -2.24. The Morgan fingerprint density at radius 1 is 1.30 bits per heavy atom. The van der Waals surface area contributed by atoms with E-state index < -0.39 is 25.9 Å². The Hall–Kier alpha value is -1.23. The molecule has 7 nitrogen and oxygen atoms in total. The van der Waals surface area contributed by atoms with E-state index in [1.807, 2.05) is 4.72 Å². The largest absolute Gasteiger partial charge is 0.318 e. The number of nitrogens with zero attached hydrogens (tertiary/aromatic N) is 1. The van der Waals surface area contributed by atoms with Gasteiger partial charge in [0.15, 0.2) is 0 Å². The van der Waals surface area contributed by atoms with Crippen molar-refractivity contribution in [3.8, 4) is 0 Å². The van der Waals surface area contributed by atoms with Crippen LogP contribution in [0.15, 0.2) is 23.1 Å². The highest BCUT2D eigenvalue weighted by atomic mass is 32.2. The van der Waals surface area contributed by atoms with Gasteiger partial charge in [-0.2, -0.15) is 4.31 Å². The molecule has 1 aromatic carbocycles. The number of likely N-dealkylation sites (N-methyl/N-ethyl adjacent to an activating group) is 1. The van der Waals surface area contributed by atoms with E-state index in [1.165, 1.54) is 10.4 Å². The summed E-state index contributed by atoms with van der Waals surface area (Å²) >= 11 is 0. The second-order valence-electron chi connectivity index (χ2n) is 5.49. The molecule has 2 N–H and O–H groups in total. The van der Waals surface area contributed by atoms with Gasteiger partial charge in [-0.1, -0.05) is 0 Å². The number of hydrogen-bond donors (Lipinski definition) is 2. The van der Waals surface area contributed by atoms with Crippen molar-refractivity contribution in [1.82, 2.24) is 9.62 Å². The third-order valence-electron chi connectivity index (χ3n) is 3.61. The molecule has 0 saturated carbocycles. The molecular formula is C13H20FN3O4S2. The van der Waals surface area contributed by atoms with Crippen molar-refractivity contribution in [2.45, 2.75) is 23.8 Å². The monoisotopic (exact) mass is 365 g/mol. The molecule has 1 aromatic rings. The molecule has 0 spiro atoms. The average Bonchev–Trinajstić information content (AvgIpc) is 2.89. The lowest BCUT2D eigenvalue weighted by Crippen LogP contribution is -2.40. The maximum atomic E-state index is 14.0. The number of rotatable bonds is 6. The maximum absolute atomic E-state index is 14.0. The van der Waals surface area contributed by atoms with Gasteiger partial charge in [0.1, 0.15) is 5.82 Å². The first-order chi connectivity index (χ1) is 10.6. The summed E-state index contributed by atoms with van der Waals surface area (Å²) < 4.78 is 65.0. The molecule has 23 heavy (non-hydrogen) atoms. The highest BCUT2D eigenvalue weighted by molar-refractivity contribution is 7.92. The Morgan fingerprint density at radius 2 is 2.00 bits per heavy atom. The summed E-state index contributed by atoms with van der Waals surface area (Å²) in [5.74, 6) is -0.930. The SMILES string of the molecule is CNCC1CCCN1S(=O)(=O)c1ccc(NS(C)(=O)=O)c(F)c1. The summed E-state index contributed by atoms with van der Waals surface area (Å²) in [6.45, 7) is 0.912. The van der Waals surface area contributed by atoms with Crippen molar-refractivity contribution >= 4 is 25.7 Å². The molecule has 1 atom stereocenters. The number of hydrogen-bond acceptors (Lipinski definition) is 5. The molecule has 0 aliphatic carbocycles. The Labute approximate surface area is 136 Å². The van der Waals surface area contributed by atoms with Gasteiger partial charge in [0, 0.05) is 19.1 Å². The minimum atomic E-state index is -3.82. The Kier molecular flexibility index (Phi) is 5.29. The number of anilines is 1. The van der Waals surface area contributed by atoms with Gasteiger partial charge in [-0.05, 0) is 38.1 Å². The third kappa shape index (κ3) is 4.19. The standard InChI is InChI=1S/C13H20FN3O4S2/c1-15-9-10-4-3-7-17(10)23(20,21)11-5-6-13(12(14)8-11)16-22(2,18)19/h5-6,8,10,15-16H,3-4,7,9H2,1-2H3. The minimum Gasteiger partial charge on any atom is -0.318 e. The fourth-order valence-corrected chi connectivity index (χ4v) is 4.91. The zero-order valence-corrected chi connectivity index (χ0v) is 14.5. The van der Waals surface area contributed by atoms with Crippen LogP contribution in [0.2, 0.25) is 0 Å². The zero-order chi connectivity index (χ0) is 17.3. The van der Waals surface area contributed by atoms with Crippen LogP contribution >= 0.6 is 0 Å². The molecule has 130 valence electrons. The predicted octanol–water partition coefficient (Wildman–Crippen LogP) is 0.570. The second kappa shape index (κ2) is 6.71. The van der Waals surface area contributed by atoms with Gasteiger partial charge >= 0.3 is 0 Å². The van der Waals surface area contributed by atoms with Crippen LogP contribution in [0.1, 0.15) is 12.8 Å². The third-order valence-corrected chi connectivity index (χ3v) is 6.14. The quantitative estimate of drug-likeness (QED) is 0.768. The number of sulfonamides is 2. The smallest absolute Gasteiger partial charge is 0.243 e. The summed E-state index contributed by atoms with van der Waals surface area (Å²) in [5.41, 5.74) is -0.278. The molecule has 10 heteroatoms. The van der Waals surface area contributed by atoms with Gasteiger partial charge < -0.3 is 5.32 Å². The molecule has 2 rings (SSSR count). The maximum Gasteiger partial charge on any atom is 0.243 e. The number of benzene rings is 1. The van der Waals surface area contributed by atoms with Crippen LogP contribution in [-0.2, 0) is 20.0 Å². The Balaban J connectivity index is 2.32. The first-order valence-corrected chi connectivity index (χ1v) is 10.4.